The number of thiocarbonyl (C=S) groups is 1. The Balaban J connectivity index is 1.49. The fourth-order valence-electron chi connectivity index (χ4n) is 3.26. The van der Waals surface area contributed by atoms with E-state index in [2.05, 4.69) is 15.7 Å². The largest absolute Gasteiger partial charge is 0.486 e. The zero-order chi connectivity index (χ0) is 21.3. The number of ether oxygens (including phenoxy) is 2. The molecular weight excluding hydrogens is 443 g/mol. The van der Waals surface area contributed by atoms with E-state index >= 15 is 0 Å². The van der Waals surface area contributed by atoms with E-state index in [1.807, 2.05) is 54.9 Å². The quantitative estimate of drug-likeness (QED) is 0.503. The average molecular weight is 463 g/mol. The van der Waals surface area contributed by atoms with Crippen molar-refractivity contribution >= 4 is 51.9 Å². The molecule has 0 amide bonds. The highest BCUT2D eigenvalue weighted by molar-refractivity contribution is 7.80. The summed E-state index contributed by atoms with van der Waals surface area (Å²) in [7, 11) is 0. The van der Waals surface area contributed by atoms with Gasteiger partial charge in [-0.2, -0.15) is 5.10 Å². The highest BCUT2D eigenvalue weighted by Crippen LogP contribution is 2.33. The smallest absolute Gasteiger partial charge is 0.175 e. The summed E-state index contributed by atoms with van der Waals surface area (Å²) in [5, 5.41) is 12.7. The standard InChI is InChI=1S/C21H20Cl2N4O2S/c1-12-20(13(2)27(26-12)11-15-16(22)4-3-5-17(15)23)25-21(30)24-14-6-7-18-19(10-14)29-9-8-28-18/h3-7,10H,8-9,11H2,1-2H3,(H2,24,25,30). The fraction of sp³-hybridized carbons (Fsp3) is 0.238. The van der Waals surface area contributed by atoms with E-state index in [-0.39, 0.29) is 0 Å². The van der Waals surface area contributed by atoms with Crippen molar-refractivity contribution in [3.05, 3.63) is 63.4 Å². The Morgan fingerprint density at radius 1 is 1.07 bits per heavy atom. The monoisotopic (exact) mass is 462 g/mol. The lowest BCUT2D eigenvalue weighted by Gasteiger charge is -2.19. The zero-order valence-corrected chi connectivity index (χ0v) is 18.8. The van der Waals surface area contributed by atoms with E-state index in [4.69, 9.17) is 44.9 Å². The van der Waals surface area contributed by atoms with Crippen LogP contribution in [-0.2, 0) is 6.54 Å². The molecule has 0 spiro atoms. The normalized spacial score (nSPS) is 12.5. The maximum Gasteiger partial charge on any atom is 0.175 e. The van der Waals surface area contributed by atoms with Crippen LogP contribution in [0.25, 0.3) is 0 Å². The summed E-state index contributed by atoms with van der Waals surface area (Å²) < 4.78 is 13.0. The highest BCUT2D eigenvalue weighted by Gasteiger charge is 2.16. The van der Waals surface area contributed by atoms with Gasteiger partial charge < -0.3 is 20.1 Å². The van der Waals surface area contributed by atoms with Crippen molar-refractivity contribution in [2.45, 2.75) is 20.4 Å². The molecule has 0 saturated carbocycles. The average Bonchev–Trinajstić information content (AvgIpc) is 2.98. The highest BCUT2D eigenvalue weighted by atomic mass is 35.5. The lowest BCUT2D eigenvalue weighted by atomic mass is 10.2. The van der Waals surface area contributed by atoms with Crippen molar-refractivity contribution < 1.29 is 9.47 Å². The molecule has 2 N–H and O–H groups in total. The predicted octanol–water partition coefficient (Wildman–Crippen LogP) is 5.44. The minimum absolute atomic E-state index is 0.452. The molecule has 1 aliphatic heterocycles. The second-order valence-corrected chi connectivity index (χ2v) is 8.06. The van der Waals surface area contributed by atoms with Crippen LogP contribution in [0.3, 0.4) is 0 Å². The number of hydrogen-bond donors (Lipinski definition) is 2. The molecule has 1 aromatic heterocycles. The molecule has 0 aliphatic carbocycles. The molecule has 2 heterocycles. The Hall–Kier alpha value is -2.48. The Morgan fingerprint density at radius 3 is 2.50 bits per heavy atom. The maximum atomic E-state index is 6.31. The van der Waals surface area contributed by atoms with Gasteiger partial charge in [0.05, 0.1) is 23.6 Å². The summed E-state index contributed by atoms with van der Waals surface area (Å²) in [6.45, 7) is 5.45. The number of nitrogens with one attached hydrogen (secondary N) is 2. The van der Waals surface area contributed by atoms with Gasteiger partial charge in [0.1, 0.15) is 13.2 Å². The third-order valence-electron chi connectivity index (χ3n) is 4.79. The van der Waals surface area contributed by atoms with Crippen LogP contribution in [0.1, 0.15) is 17.0 Å². The van der Waals surface area contributed by atoms with Crippen LogP contribution in [0.5, 0.6) is 11.5 Å². The first kappa shape index (κ1) is 20.8. The van der Waals surface area contributed by atoms with Crippen molar-refractivity contribution in [2.75, 3.05) is 23.8 Å². The van der Waals surface area contributed by atoms with Gasteiger partial charge in [0.15, 0.2) is 16.6 Å². The van der Waals surface area contributed by atoms with E-state index in [1.165, 1.54) is 0 Å². The number of benzene rings is 2. The molecule has 2 aromatic carbocycles. The zero-order valence-electron chi connectivity index (χ0n) is 16.5. The lowest BCUT2D eigenvalue weighted by Crippen LogP contribution is -2.20. The van der Waals surface area contributed by atoms with Gasteiger partial charge >= 0.3 is 0 Å². The van der Waals surface area contributed by atoms with Crippen molar-refractivity contribution in [1.29, 1.82) is 0 Å². The fourth-order valence-corrected chi connectivity index (χ4v) is 4.00. The molecule has 3 aromatic rings. The van der Waals surface area contributed by atoms with Gasteiger partial charge in [-0.05, 0) is 50.3 Å². The number of nitrogens with zero attached hydrogens (tertiary/aromatic N) is 2. The van der Waals surface area contributed by atoms with Crippen molar-refractivity contribution in [3.63, 3.8) is 0 Å². The number of aryl methyl sites for hydroxylation is 1. The minimum Gasteiger partial charge on any atom is -0.486 e. The molecule has 6 nitrogen and oxygen atoms in total. The summed E-state index contributed by atoms with van der Waals surface area (Å²) in [4.78, 5) is 0. The summed E-state index contributed by atoms with van der Waals surface area (Å²) in [5.74, 6) is 1.43. The SMILES string of the molecule is Cc1nn(Cc2c(Cl)cccc2Cl)c(C)c1NC(=S)Nc1ccc2c(c1)OCCO2. The van der Waals surface area contributed by atoms with E-state index in [0.717, 1.165) is 34.1 Å². The number of rotatable bonds is 4. The molecule has 0 bridgehead atoms. The number of halogens is 2. The molecule has 4 rings (SSSR count). The molecule has 0 atom stereocenters. The van der Waals surface area contributed by atoms with Gasteiger partial charge in [0.25, 0.3) is 0 Å². The van der Waals surface area contributed by atoms with E-state index in [9.17, 15) is 0 Å². The van der Waals surface area contributed by atoms with Crippen molar-refractivity contribution in [3.8, 4) is 11.5 Å². The number of hydrogen-bond acceptors (Lipinski definition) is 4. The molecule has 0 saturated heterocycles. The van der Waals surface area contributed by atoms with Gasteiger partial charge in [-0.3, -0.25) is 4.68 Å². The topological polar surface area (TPSA) is 60.3 Å². The lowest BCUT2D eigenvalue weighted by molar-refractivity contribution is 0.171. The van der Waals surface area contributed by atoms with Crippen molar-refractivity contribution in [2.24, 2.45) is 0 Å². The van der Waals surface area contributed by atoms with Gasteiger partial charge in [0, 0.05) is 27.4 Å². The molecule has 0 unspecified atom stereocenters. The van der Waals surface area contributed by atoms with E-state index in [1.54, 1.807) is 0 Å². The van der Waals surface area contributed by atoms with E-state index < -0.39 is 0 Å². The third-order valence-corrected chi connectivity index (χ3v) is 5.70. The van der Waals surface area contributed by atoms with Gasteiger partial charge in [-0.15, -0.1) is 0 Å². The van der Waals surface area contributed by atoms with Crippen LogP contribution in [0.15, 0.2) is 36.4 Å². The number of anilines is 2. The molecule has 156 valence electrons. The molecule has 0 radical (unpaired) electrons. The summed E-state index contributed by atoms with van der Waals surface area (Å²) in [5.41, 5.74) is 4.22. The summed E-state index contributed by atoms with van der Waals surface area (Å²) >= 11 is 18.1. The van der Waals surface area contributed by atoms with Gasteiger partial charge in [0.2, 0.25) is 0 Å². The first-order chi connectivity index (χ1) is 14.4. The second kappa shape index (κ2) is 8.71. The third kappa shape index (κ3) is 4.33. The Morgan fingerprint density at radius 2 is 1.77 bits per heavy atom. The molecular formula is C21H20Cl2N4O2S. The van der Waals surface area contributed by atoms with Crippen LogP contribution in [0.4, 0.5) is 11.4 Å². The van der Waals surface area contributed by atoms with Crippen LogP contribution in [0.2, 0.25) is 10.0 Å². The molecule has 0 fully saturated rings. The minimum atomic E-state index is 0.452. The first-order valence-corrected chi connectivity index (χ1v) is 10.5. The second-order valence-electron chi connectivity index (χ2n) is 6.84. The van der Waals surface area contributed by atoms with E-state index in [0.29, 0.717) is 40.7 Å². The Bertz CT molecular complexity index is 1100. The van der Waals surface area contributed by atoms with Crippen LogP contribution < -0.4 is 20.1 Å². The van der Waals surface area contributed by atoms with Crippen molar-refractivity contribution in [1.82, 2.24) is 9.78 Å². The van der Waals surface area contributed by atoms with Crippen LogP contribution in [0, 0.1) is 13.8 Å². The molecule has 9 heteroatoms. The van der Waals surface area contributed by atoms with Crippen LogP contribution >= 0.6 is 35.4 Å². The first-order valence-electron chi connectivity index (χ1n) is 9.37. The summed E-state index contributed by atoms with van der Waals surface area (Å²) in [6.07, 6.45) is 0. The van der Waals surface area contributed by atoms with Gasteiger partial charge in [-0.25, -0.2) is 0 Å². The maximum absolute atomic E-state index is 6.31. The Kier molecular flexibility index (Phi) is 6.04. The molecule has 1 aliphatic rings. The molecule has 30 heavy (non-hydrogen) atoms. The van der Waals surface area contributed by atoms with Crippen LogP contribution in [-0.4, -0.2) is 28.1 Å². The summed E-state index contributed by atoms with van der Waals surface area (Å²) in [6, 6.07) is 11.1. The Labute approximate surface area is 190 Å². The predicted molar refractivity (Wildman–Crippen MR) is 125 cm³/mol. The number of fused-ring (bicyclic) bond motifs is 1. The van der Waals surface area contributed by atoms with Gasteiger partial charge in [-0.1, -0.05) is 29.3 Å². The number of aromatic nitrogens is 2.